The lowest BCUT2D eigenvalue weighted by atomic mass is 9.89. The van der Waals surface area contributed by atoms with Crippen molar-refractivity contribution >= 4 is 47.2 Å². The normalized spacial score (nSPS) is 21.4. The number of methoxy groups -OCH3 is 4. The van der Waals surface area contributed by atoms with Gasteiger partial charge in [0.2, 0.25) is 11.8 Å². The van der Waals surface area contributed by atoms with Gasteiger partial charge in [0.25, 0.3) is 0 Å². The van der Waals surface area contributed by atoms with Crippen LogP contribution in [0.15, 0.2) is 60.7 Å². The topological polar surface area (TPSA) is 193 Å². The van der Waals surface area contributed by atoms with Crippen molar-refractivity contribution in [3.63, 3.8) is 0 Å². The summed E-state index contributed by atoms with van der Waals surface area (Å²) >= 11 is 13.5. The lowest BCUT2D eigenvalue weighted by Gasteiger charge is -2.34. The van der Waals surface area contributed by atoms with E-state index in [1.807, 2.05) is 61.5 Å². The number of nitrogens with one attached hydrogen (secondary N) is 4. The molecule has 7 atom stereocenters. The third-order valence-corrected chi connectivity index (χ3v) is 12.3. The number of alkyl carbamates (subject to hydrolysis) is 2. The minimum absolute atomic E-state index is 0.0882. The summed E-state index contributed by atoms with van der Waals surface area (Å²) in [5.41, 5.74) is 4.65. The van der Waals surface area contributed by atoms with Gasteiger partial charge < -0.3 is 49.3 Å². The molecule has 1 aliphatic carbocycles. The van der Waals surface area contributed by atoms with E-state index in [0.717, 1.165) is 28.7 Å². The van der Waals surface area contributed by atoms with Crippen LogP contribution in [0, 0.1) is 5.92 Å². The van der Waals surface area contributed by atoms with Crippen molar-refractivity contribution in [1.29, 1.82) is 0 Å². The molecule has 18 heteroatoms. The number of fused-ring (bicyclic) bond motifs is 1. The number of H-pyrrole nitrogens is 2. The van der Waals surface area contributed by atoms with Gasteiger partial charge in [-0.3, -0.25) is 9.59 Å². The van der Waals surface area contributed by atoms with E-state index >= 15 is 0 Å². The van der Waals surface area contributed by atoms with Crippen molar-refractivity contribution in [2.75, 3.05) is 41.7 Å². The van der Waals surface area contributed by atoms with Gasteiger partial charge in [-0.05, 0) is 37.3 Å². The lowest BCUT2D eigenvalue weighted by Crippen LogP contribution is -2.52. The largest absolute Gasteiger partial charge is 0.453 e. The van der Waals surface area contributed by atoms with Crippen LogP contribution in [-0.2, 0) is 28.5 Å². The fraction of sp³-hybridized carbons (Fsp3) is 0.442. The molecule has 4 amide bonds. The Labute approximate surface area is 363 Å². The molecule has 7 unspecified atom stereocenters. The van der Waals surface area contributed by atoms with E-state index in [1.54, 1.807) is 24.0 Å². The van der Waals surface area contributed by atoms with Crippen LogP contribution in [0.3, 0.4) is 0 Å². The zero-order chi connectivity index (χ0) is 43.4. The number of aromatic amines is 2. The molecule has 0 spiro atoms. The summed E-state index contributed by atoms with van der Waals surface area (Å²) in [5.74, 6) is 0.811. The number of amides is 4. The summed E-state index contributed by atoms with van der Waals surface area (Å²) in [4.78, 5) is 71.8. The Balaban J connectivity index is 1.05. The number of carbonyl (C=O) groups excluding carboxylic acids is 4. The summed E-state index contributed by atoms with van der Waals surface area (Å²) < 4.78 is 20.0. The minimum atomic E-state index is -0.837. The minimum Gasteiger partial charge on any atom is -0.453 e. The van der Waals surface area contributed by atoms with Crippen LogP contribution in [-0.4, -0.2) is 120 Å². The van der Waals surface area contributed by atoms with E-state index in [0.29, 0.717) is 46.2 Å². The first-order valence-corrected chi connectivity index (χ1v) is 20.9. The second kappa shape index (κ2) is 19.1. The molecule has 0 saturated carbocycles. The van der Waals surface area contributed by atoms with Crippen molar-refractivity contribution in [1.82, 2.24) is 40.4 Å². The number of aromatic nitrogens is 4. The van der Waals surface area contributed by atoms with E-state index in [2.05, 4.69) is 26.7 Å². The Kier molecular flexibility index (Phi) is 13.7. The number of halogens is 2. The quantitative estimate of drug-likeness (QED) is 0.0919. The molecule has 0 bridgehead atoms. The molecule has 324 valence electrons. The lowest BCUT2D eigenvalue weighted by molar-refractivity contribution is -0.137. The number of benzene rings is 2. The molecule has 61 heavy (non-hydrogen) atoms. The van der Waals surface area contributed by atoms with E-state index < -0.39 is 24.3 Å². The zero-order valence-electron chi connectivity index (χ0n) is 34.6. The summed E-state index contributed by atoms with van der Waals surface area (Å²) in [5, 5.41) is 6.03. The number of hydrogen-bond donors (Lipinski definition) is 4. The van der Waals surface area contributed by atoms with Crippen LogP contribution in [0.25, 0.3) is 33.6 Å². The Bertz CT molecular complexity index is 2250. The maximum Gasteiger partial charge on any atom is 0.407 e. The highest BCUT2D eigenvalue weighted by Crippen LogP contribution is 2.46. The van der Waals surface area contributed by atoms with Gasteiger partial charge in [-0.15, -0.1) is 0 Å². The van der Waals surface area contributed by atoms with Crippen molar-refractivity contribution in [3.05, 3.63) is 82.6 Å². The van der Waals surface area contributed by atoms with Gasteiger partial charge in [0.05, 0.1) is 32.3 Å². The smallest absolute Gasteiger partial charge is 0.407 e. The molecule has 4 aromatic rings. The average Bonchev–Trinajstić information content (AvgIpc) is 4.02. The molecule has 2 aromatic carbocycles. The predicted octanol–water partition coefficient (Wildman–Crippen LogP) is 6.84. The van der Waals surface area contributed by atoms with Crippen molar-refractivity contribution in [3.8, 4) is 33.6 Å². The third kappa shape index (κ3) is 9.13. The van der Waals surface area contributed by atoms with Crippen LogP contribution in [0.5, 0.6) is 0 Å². The molecule has 2 aliphatic heterocycles. The molecule has 16 nitrogen and oxygen atoms in total. The van der Waals surface area contributed by atoms with Crippen LogP contribution < -0.4 is 10.6 Å². The standard InChI is InChI=1S/C43H50Cl2N8O8/c1-23-6-16-32(52(23)40(54)29(18-20-58-2)46-42(56)60-4)38-48-34(36(44)50-38)26-11-7-24(8-12-26)25-9-13-27(14-10-25)35-37(45)51-39(49-35)33-22-28-15-17-31(28)53(33)41(55)30(19-21-59-3)47-43(57)61-5/h7-15,17,23,28-33H,6,16,18-22H2,1-5H3,(H,46,56)(H,47,57)(H,48,50)(H,49,51). The van der Waals surface area contributed by atoms with Gasteiger partial charge in [0.1, 0.15) is 45.4 Å². The number of nitrogens with zero attached hydrogens (tertiary/aromatic N) is 4. The van der Waals surface area contributed by atoms with Crippen LogP contribution in [0.1, 0.15) is 62.8 Å². The Hall–Kier alpha value is -5.42. The van der Waals surface area contributed by atoms with E-state index in [9.17, 15) is 19.2 Å². The average molecular weight is 878 g/mol. The number of imidazole rings is 2. The van der Waals surface area contributed by atoms with Gasteiger partial charge in [-0.25, -0.2) is 19.6 Å². The van der Waals surface area contributed by atoms with Crippen LogP contribution in [0.4, 0.5) is 9.59 Å². The summed E-state index contributed by atoms with van der Waals surface area (Å²) in [6.07, 6.45) is 5.36. The highest BCUT2D eigenvalue weighted by atomic mass is 35.5. The molecule has 0 radical (unpaired) electrons. The number of ether oxygens (including phenoxy) is 4. The maximum absolute atomic E-state index is 14.0. The van der Waals surface area contributed by atoms with Gasteiger partial charge in [0.15, 0.2) is 0 Å². The summed E-state index contributed by atoms with van der Waals surface area (Å²) in [6.45, 7) is 2.54. The first-order chi connectivity index (χ1) is 29.5. The molecule has 4 heterocycles. The molecule has 2 saturated heterocycles. The molecular weight excluding hydrogens is 827 g/mol. The maximum atomic E-state index is 14.0. The zero-order valence-corrected chi connectivity index (χ0v) is 36.1. The van der Waals surface area contributed by atoms with E-state index in [-0.39, 0.29) is 68.0 Å². The van der Waals surface area contributed by atoms with Crippen molar-refractivity contribution in [2.24, 2.45) is 5.92 Å². The highest BCUT2D eigenvalue weighted by molar-refractivity contribution is 6.32. The summed E-state index contributed by atoms with van der Waals surface area (Å²) in [7, 11) is 5.60. The SMILES string of the molecule is COCCC(NC(=O)OC)C(=O)N1C(C)CCC1c1nc(-c2ccc(-c3ccc(-c4nc(C5CC6C=CC6N5C(=O)C(CCOC)NC(=O)OC)[nH]c4Cl)cc3)cc2)c(Cl)[nH]1. The Morgan fingerprint density at radius 3 is 1.59 bits per heavy atom. The van der Waals surface area contributed by atoms with E-state index in [4.69, 9.17) is 52.1 Å². The van der Waals surface area contributed by atoms with Gasteiger partial charge in [0, 0.05) is 63.4 Å². The molecule has 2 fully saturated rings. The summed E-state index contributed by atoms with van der Waals surface area (Å²) in [6, 6.07) is 13.1. The number of hydrogen-bond acceptors (Lipinski definition) is 10. The number of likely N-dealkylation sites (tertiary alicyclic amines) is 2. The Morgan fingerprint density at radius 2 is 1.15 bits per heavy atom. The molecule has 4 N–H and O–H groups in total. The van der Waals surface area contributed by atoms with Gasteiger partial charge >= 0.3 is 12.2 Å². The monoisotopic (exact) mass is 876 g/mol. The van der Waals surface area contributed by atoms with Crippen molar-refractivity contribution in [2.45, 2.75) is 75.3 Å². The van der Waals surface area contributed by atoms with Gasteiger partial charge in [-0.2, -0.15) is 0 Å². The first kappa shape index (κ1) is 43.7. The van der Waals surface area contributed by atoms with Crippen molar-refractivity contribution < 1.29 is 38.1 Å². The molecule has 3 aliphatic rings. The Morgan fingerprint density at radius 1 is 0.689 bits per heavy atom. The predicted molar refractivity (Wildman–Crippen MR) is 228 cm³/mol. The van der Waals surface area contributed by atoms with Crippen LogP contribution in [0.2, 0.25) is 10.3 Å². The van der Waals surface area contributed by atoms with E-state index in [1.165, 1.54) is 14.2 Å². The fourth-order valence-corrected chi connectivity index (χ4v) is 8.95. The molecule has 7 rings (SSSR count). The second-order valence-electron chi connectivity index (χ2n) is 15.4. The highest BCUT2D eigenvalue weighted by Gasteiger charge is 2.49. The van der Waals surface area contributed by atoms with Gasteiger partial charge in [-0.1, -0.05) is 83.9 Å². The number of rotatable bonds is 15. The number of carbonyl (C=O) groups is 4. The molecular formula is C43H50Cl2N8O8. The molecule has 2 aromatic heterocycles. The third-order valence-electron chi connectivity index (χ3n) is 11.7. The fourth-order valence-electron chi connectivity index (χ4n) is 8.46. The first-order valence-electron chi connectivity index (χ1n) is 20.2. The van der Waals surface area contributed by atoms with Crippen LogP contribution >= 0.6 is 23.2 Å². The second-order valence-corrected chi connectivity index (χ2v) is 16.1.